The summed E-state index contributed by atoms with van der Waals surface area (Å²) < 4.78 is 15.2. The maximum atomic E-state index is 14.1. The molecule has 23 heavy (non-hydrogen) atoms. The van der Waals surface area contributed by atoms with Gasteiger partial charge in [0.1, 0.15) is 5.82 Å². The molecule has 0 fully saturated rings. The lowest BCUT2D eigenvalue weighted by molar-refractivity contribution is 0.613. The van der Waals surface area contributed by atoms with Gasteiger partial charge in [-0.25, -0.2) is 4.39 Å². The average Bonchev–Trinajstić information content (AvgIpc) is 3.01. The zero-order valence-corrected chi connectivity index (χ0v) is 14.8. The lowest BCUT2D eigenvalue weighted by Gasteiger charge is -2.22. The highest BCUT2D eigenvalue weighted by atomic mass is 79.9. The molecule has 2 aliphatic carbocycles. The van der Waals surface area contributed by atoms with Gasteiger partial charge in [-0.3, -0.25) is 0 Å². The van der Waals surface area contributed by atoms with E-state index in [0.717, 1.165) is 22.0 Å². The van der Waals surface area contributed by atoms with Crippen LogP contribution >= 0.6 is 15.9 Å². The topological polar surface area (TPSA) is 0 Å². The molecule has 2 aromatic rings. The molecule has 0 nitrogen and oxygen atoms in total. The summed E-state index contributed by atoms with van der Waals surface area (Å²) in [5, 5.41) is 0. The average molecular weight is 369 g/mol. The second-order valence-corrected chi connectivity index (χ2v) is 7.46. The minimum absolute atomic E-state index is 0.105. The Morgan fingerprint density at radius 3 is 2.13 bits per heavy atom. The first kappa shape index (κ1) is 14.9. The van der Waals surface area contributed by atoms with Crippen LogP contribution in [-0.2, 0) is 0 Å². The van der Waals surface area contributed by atoms with E-state index in [0.29, 0.717) is 11.8 Å². The third-order valence-electron chi connectivity index (χ3n) is 5.24. The molecule has 0 N–H and O–H groups in total. The van der Waals surface area contributed by atoms with Gasteiger partial charge in [0.15, 0.2) is 0 Å². The van der Waals surface area contributed by atoms with Gasteiger partial charge < -0.3 is 0 Å². The second kappa shape index (κ2) is 5.45. The van der Waals surface area contributed by atoms with Crippen molar-refractivity contribution in [2.45, 2.75) is 32.1 Å². The van der Waals surface area contributed by atoms with Gasteiger partial charge in [-0.15, -0.1) is 0 Å². The van der Waals surface area contributed by atoms with E-state index >= 15 is 0 Å². The Morgan fingerprint density at radius 1 is 0.870 bits per heavy atom. The predicted octanol–water partition coefficient (Wildman–Crippen LogP) is 6.68. The Morgan fingerprint density at radius 2 is 1.43 bits per heavy atom. The fraction of sp³-hybridized carbons (Fsp3) is 0.238. The van der Waals surface area contributed by atoms with Crippen LogP contribution in [0.1, 0.15) is 54.4 Å². The van der Waals surface area contributed by atoms with Crippen molar-refractivity contribution in [1.82, 2.24) is 0 Å². The number of hydrogen-bond donors (Lipinski definition) is 0. The van der Waals surface area contributed by atoms with Crippen LogP contribution in [0.25, 0.3) is 12.2 Å². The maximum Gasteiger partial charge on any atom is 0.130 e. The summed E-state index contributed by atoms with van der Waals surface area (Å²) in [6.45, 7) is 4.33. The smallest absolute Gasteiger partial charge is 0.130 e. The number of hydrogen-bond acceptors (Lipinski definition) is 0. The summed E-state index contributed by atoms with van der Waals surface area (Å²) in [5.41, 5.74) is 7.26. The normalized spacial score (nSPS) is 21.7. The van der Waals surface area contributed by atoms with Gasteiger partial charge in [-0.1, -0.05) is 63.5 Å². The van der Waals surface area contributed by atoms with Crippen LogP contribution in [0.4, 0.5) is 4.39 Å². The highest BCUT2D eigenvalue weighted by Gasteiger charge is 2.31. The molecule has 0 saturated heterocycles. The van der Waals surface area contributed by atoms with Crippen molar-refractivity contribution in [1.29, 1.82) is 0 Å². The third-order valence-corrected chi connectivity index (χ3v) is 5.93. The number of allylic oxidation sites excluding steroid dienone is 2. The first-order valence-electron chi connectivity index (χ1n) is 7.99. The lowest BCUT2D eigenvalue weighted by Crippen LogP contribution is -2.06. The van der Waals surface area contributed by atoms with Crippen molar-refractivity contribution in [3.63, 3.8) is 0 Å². The molecule has 0 aromatic heterocycles. The molecule has 2 aromatic carbocycles. The van der Waals surface area contributed by atoms with Crippen molar-refractivity contribution in [3.05, 3.63) is 80.1 Å². The Hall–Kier alpha value is -1.67. The van der Waals surface area contributed by atoms with Crippen LogP contribution in [-0.4, -0.2) is 0 Å². The van der Waals surface area contributed by atoms with E-state index in [2.05, 4.69) is 60.1 Å². The van der Waals surface area contributed by atoms with Crippen LogP contribution in [0.3, 0.4) is 0 Å². The Balaban J connectivity index is 1.72. The first-order valence-corrected chi connectivity index (χ1v) is 8.78. The summed E-state index contributed by atoms with van der Waals surface area (Å²) in [7, 11) is 0. The second-order valence-electron chi connectivity index (χ2n) is 6.60. The summed E-state index contributed by atoms with van der Waals surface area (Å²) >= 11 is 3.66. The molecular formula is C21H18BrF. The molecule has 4 rings (SSSR count). The van der Waals surface area contributed by atoms with E-state index in [1.807, 2.05) is 12.1 Å². The summed E-state index contributed by atoms with van der Waals surface area (Å²) in [5.74, 6) is 0.607. The van der Waals surface area contributed by atoms with Gasteiger partial charge in [-0.2, -0.15) is 0 Å². The van der Waals surface area contributed by atoms with Crippen molar-refractivity contribution in [3.8, 4) is 0 Å². The van der Waals surface area contributed by atoms with E-state index in [9.17, 15) is 4.39 Å². The summed E-state index contributed by atoms with van der Waals surface area (Å²) in [4.78, 5) is 0. The minimum Gasteiger partial charge on any atom is -0.206 e. The Labute approximate surface area is 144 Å². The van der Waals surface area contributed by atoms with Crippen molar-refractivity contribution in [2.75, 3.05) is 0 Å². The lowest BCUT2D eigenvalue weighted by atomic mass is 9.82. The zero-order valence-electron chi connectivity index (χ0n) is 13.2. The standard InChI is InChI=1S/C21H18BrF/c1-12-9-18-14(5-3-7-20(18)22)16(12)11-17-13(2)10-19-15(17)6-4-8-21(19)23/h3-10,16-17H,11H2,1-2H3. The molecule has 0 saturated carbocycles. The quantitative estimate of drug-likeness (QED) is 0.554. The SMILES string of the molecule is CC1=Cc2c(F)cccc2C1CC1C(C)=Cc2c(Br)cccc21. The predicted molar refractivity (Wildman–Crippen MR) is 97.9 cm³/mol. The van der Waals surface area contributed by atoms with Gasteiger partial charge in [0, 0.05) is 21.9 Å². The third kappa shape index (κ3) is 2.31. The Kier molecular flexibility index (Phi) is 3.53. The molecule has 0 heterocycles. The molecule has 2 atom stereocenters. The van der Waals surface area contributed by atoms with Crippen LogP contribution in [0.15, 0.2) is 52.0 Å². The highest BCUT2D eigenvalue weighted by Crippen LogP contribution is 2.48. The molecule has 0 amide bonds. The molecule has 0 aliphatic heterocycles. The summed E-state index contributed by atoms with van der Waals surface area (Å²) in [6.07, 6.45) is 5.31. The van der Waals surface area contributed by atoms with Crippen molar-refractivity contribution in [2.24, 2.45) is 0 Å². The van der Waals surface area contributed by atoms with Gasteiger partial charge >= 0.3 is 0 Å². The molecule has 0 bridgehead atoms. The first-order chi connectivity index (χ1) is 11.1. The molecule has 0 radical (unpaired) electrons. The molecule has 116 valence electrons. The van der Waals surface area contributed by atoms with E-state index in [4.69, 9.17) is 0 Å². The van der Waals surface area contributed by atoms with Gasteiger partial charge in [0.2, 0.25) is 0 Å². The van der Waals surface area contributed by atoms with Gasteiger partial charge in [0.05, 0.1) is 0 Å². The van der Waals surface area contributed by atoms with Crippen LogP contribution in [0.5, 0.6) is 0 Å². The van der Waals surface area contributed by atoms with Crippen LogP contribution in [0, 0.1) is 5.82 Å². The largest absolute Gasteiger partial charge is 0.206 e. The molecular weight excluding hydrogens is 351 g/mol. The van der Waals surface area contributed by atoms with E-state index < -0.39 is 0 Å². The summed E-state index contributed by atoms with van der Waals surface area (Å²) in [6, 6.07) is 11.9. The van der Waals surface area contributed by atoms with Gasteiger partial charge in [-0.05, 0) is 49.1 Å². The maximum absolute atomic E-state index is 14.1. The van der Waals surface area contributed by atoms with Crippen molar-refractivity contribution >= 4 is 28.1 Å². The molecule has 2 heteroatoms. The minimum atomic E-state index is -0.105. The van der Waals surface area contributed by atoms with Crippen LogP contribution < -0.4 is 0 Å². The number of halogens is 2. The van der Waals surface area contributed by atoms with E-state index in [1.165, 1.54) is 22.3 Å². The Bertz CT molecular complexity index is 789. The molecule has 2 unspecified atom stereocenters. The van der Waals surface area contributed by atoms with Gasteiger partial charge in [0.25, 0.3) is 0 Å². The monoisotopic (exact) mass is 368 g/mol. The number of fused-ring (bicyclic) bond motifs is 2. The van der Waals surface area contributed by atoms with Crippen LogP contribution in [0.2, 0.25) is 0 Å². The fourth-order valence-electron chi connectivity index (χ4n) is 4.03. The highest BCUT2D eigenvalue weighted by molar-refractivity contribution is 9.10. The number of rotatable bonds is 2. The zero-order chi connectivity index (χ0) is 16.1. The van der Waals surface area contributed by atoms with E-state index in [1.54, 1.807) is 6.07 Å². The van der Waals surface area contributed by atoms with E-state index in [-0.39, 0.29) is 5.82 Å². The van der Waals surface area contributed by atoms with Crippen molar-refractivity contribution < 1.29 is 4.39 Å². The molecule has 0 spiro atoms. The fourth-order valence-corrected chi connectivity index (χ4v) is 4.52. The molecule has 2 aliphatic rings. The number of benzene rings is 2.